The molecule has 1 heterocycles. The minimum absolute atomic E-state index is 0. The molecule has 4 nitrogen and oxygen atoms in total. The monoisotopic (exact) mass is 298 g/mol. The van der Waals surface area contributed by atoms with E-state index >= 15 is 0 Å². The summed E-state index contributed by atoms with van der Waals surface area (Å²) in [5.74, 6) is -0.740. The molecule has 6 heteroatoms. The van der Waals surface area contributed by atoms with E-state index < -0.39 is 11.3 Å². The molecule has 1 aliphatic heterocycles. The number of thiocarbonyl (C=S) groups is 1. The second kappa shape index (κ2) is 7.31. The van der Waals surface area contributed by atoms with Crippen LogP contribution >= 0.6 is 12.2 Å². The van der Waals surface area contributed by atoms with Crippen LogP contribution < -0.4 is 34.9 Å². The average Bonchev–Trinajstić information content (AvgIpc) is 2.39. The molecule has 1 aliphatic rings. The molecule has 1 unspecified atom stereocenters. The van der Waals surface area contributed by atoms with Crippen LogP contribution in [0, 0.1) is 5.41 Å². The summed E-state index contributed by atoms with van der Waals surface area (Å²) in [4.78, 5) is 24.2. The zero-order valence-electron chi connectivity index (χ0n) is 11.7. The molecule has 1 N–H and O–H groups in total. The maximum absolute atomic E-state index is 12.1. The molecule has 1 aromatic carbocycles. The molecule has 0 aliphatic carbocycles. The van der Waals surface area contributed by atoms with Crippen molar-refractivity contribution in [2.75, 3.05) is 0 Å². The zero-order chi connectivity index (χ0) is 13.9. The summed E-state index contributed by atoms with van der Waals surface area (Å²) in [5.41, 5.74) is 0.0297. The number of benzene rings is 1. The molecule has 100 valence electrons. The first-order valence-electron chi connectivity index (χ1n) is 6.24. The van der Waals surface area contributed by atoms with E-state index in [1.807, 2.05) is 37.3 Å². The first-order chi connectivity index (χ1) is 9.08. The smallest absolute Gasteiger partial charge is 0.418 e. The first kappa shape index (κ1) is 17.3. The fourth-order valence-electron chi connectivity index (χ4n) is 2.25. The van der Waals surface area contributed by atoms with Gasteiger partial charge in [-0.05, 0) is 24.8 Å². The van der Waals surface area contributed by atoms with Gasteiger partial charge in [0, 0.05) is 5.11 Å². The number of nitrogens with zero attached hydrogens (tertiary/aromatic N) is 1. The van der Waals surface area contributed by atoms with Crippen LogP contribution in [0.15, 0.2) is 30.3 Å². The van der Waals surface area contributed by atoms with Gasteiger partial charge in [-0.2, -0.15) is 0 Å². The summed E-state index contributed by atoms with van der Waals surface area (Å²) in [5, 5.41) is 6.19. The number of carbonyl (C=O) groups excluding carboxylic acids is 2. The molecular weight excluding hydrogens is 283 g/mol. The van der Waals surface area contributed by atoms with Gasteiger partial charge < -0.3 is 10.6 Å². The summed E-state index contributed by atoms with van der Waals surface area (Å²) < 4.78 is 0. The van der Waals surface area contributed by atoms with Gasteiger partial charge in [0.15, 0.2) is 11.8 Å². The Morgan fingerprint density at radius 2 is 1.90 bits per heavy atom. The van der Waals surface area contributed by atoms with Gasteiger partial charge in [-0.3, -0.25) is 9.59 Å². The fraction of sp³-hybridized carbons (Fsp3) is 0.357. The molecule has 2 rings (SSSR count). The molecule has 0 radical (unpaired) electrons. The third-order valence-corrected chi connectivity index (χ3v) is 3.75. The normalized spacial score (nSPS) is 21.8. The number of amides is 2. The Balaban J connectivity index is 0.00000200. The van der Waals surface area contributed by atoms with Crippen molar-refractivity contribution < 1.29 is 39.1 Å². The van der Waals surface area contributed by atoms with Gasteiger partial charge in [0.05, 0.1) is 5.41 Å². The van der Waals surface area contributed by atoms with E-state index in [1.54, 1.807) is 0 Å². The molecule has 1 saturated heterocycles. The van der Waals surface area contributed by atoms with Gasteiger partial charge in [-0.1, -0.05) is 49.5 Å². The van der Waals surface area contributed by atoms with Crippen molar-refractivity contribution in [3.05, 3.63) is 41.2 Å². The minimum Gasteiger partial charge on any atom is -0.418 e. The van der Waals surface area contributed by atoms with Gasteiger partial charge in [-0.15, -0.1) is 0 Å². The average molecular weight is 298 g/mol. The van der Waals surface area contributed by atoms with Crippen LogP contribution in [-0.2, 0) is 16.0 Å². The van der Waals surface area contributed by atoms with Crippen molar-refractivity contribution in [3.8, 4) is 0 Å². The van der Waals surface area contributed by atoms with Crippen LogP contribution in [0.5, 0.6) is 0 Å². The SMILES string of the molecule is CCC1(CCc2ccccc2)C(=O)[N-]C(=S)NC1=O.[Na+]. The Hall–Kier alpha value is -0.750. The van der Waals surface area contributed by atoms with Crippen molar-refractivity contribution in [3.63, 3.8) is 0 Å². The number of aryl methyl sites for hydroxylation is 1. The van der Waals surface area contributed by atoms with E-state index in [0.717, 1.165) is 5.56 Å². The predicted molar refractivity (Wildman–Crippen MR) is 76.6 cm³/mol. The molecule has 1 atom stereocenters. The standard InChI is InChI=1S/C14H16N2O2S.Na/c1-2-14(9-8-10-6-4-3-5-7-10)11(17)15-13(19)16-12(14)18;/h3-7H,2,8-9H2,1H3,(H2,15,16,17,18,19);/q;+1/p-1. The Morgan fingerprint density at radius 3 is 2.45 bits per heavy atom. The quantitative estimate of drug-likeness (QED) is 0.456. The number of carbonyl (C=O) groups is 2. The topological polar surface area (TPSA) is 60.3 Å². The minimum atomic E-state index is -1.07. The molecule has 20 heavy (non-hydrogen) atoms. The summed E-state index contributed by atoms with van der Waals surface area (Å²) in [6.45, 7) is 1.83. The third-order valence-electron chi connectivity index (χ3n) is 3.55. The summed E-state index contributed by atoms with van der Waals surface area (Å²) >= 11 is 4.77. The molecule has 1 fully saturated rings. The second-order valence-corrected chi connectivity index (χ2v) is 4.98. The summed E-state index contributed by atoms with van der Waals surface area (Å²) in [6.07, 6.45) is 1.54. The number of nitrogens with one attached hydrogen (secondary N) is 1. The molecule has 0 saturated carbocycles. The number of hydrogen-bond acceptors (Lipinski definition) is 3. The van der Waals surface area contributed by atoms with E-state index in [4.69, 9.17) is 12.2 Å². The maximum atomic E-state index is 12.1. The van der Waals surface area contributed by atoms with Crippen molar-refractivity contribution >= 4 is 29.1 Å². The zero-order valence-corrected chi connectivity index (χ0v) is 14.5. The van der Waals surface area contributed by atoms with Crippen molar-refractivity contribution in [1.29, 1.82) is 0 Å². The second-order valence-electron chi connectivity index (χ2n) is 4.60. The number of rotatable bonds is 4. The van der Waals surface area contributed by atoms with Crippen molar-refractivity contribution in [2.24, 2.45) is 5.41 Å². The van der Waals surface area contributed by atoms with E-state index in [1.165, 1.54) is 0 Å². The van der Waals surface area contributed by atoms with Crippen LogP contribution in [0.2, 0.25) is 0 Å². The van der Waals surface area contributed by atoms with Gasteiger partial charge in [0.2, 0.25) is 0 Å². The fourth-order valence-corrected chi connectivity index (χ4v) is 2.43. The van der Waals surface area contributed by atoms with Crippen LogP contribution in [-0.4, -0.2) is 16.9 Å². The first-order valence-corrected chi connectivity index (χ1v) is 6.65. The van der Waals surface area contributed by atoms with Gasteiger partial charge in [0.25, 0.3) is 0 Å². The van der Waals surface area contributed by atoms with E-state index in [2.05, 4.69) is 10.6 Å². The molecule has 0 bridgehead atoms. The largest absolute Gasteiger partial charge is 1.00 e. The molecule has 0 aromatic heterocycles. The molecular formula is C14H15N2NaO2S. The van der Waals surface area contributed by atoms with Crippen molar-refractivity contribution in [2.45, 2.75) is 26.2 Å². The molecule has 1 aromatic rings. The van der Waals surface area contributed by atoms with E-state index in [-0.39, 0.29) is 40.6 Å². The van der Waals surface area contributed by atoms with E-state index in [9.17, 15) is 9.59 Å². The van der Waals surface area contributed by atoms with Crippen LogP contribution in [0.1, 0.15) is 25.3 Å². The van der Waals surface area contributed by atoms with Crippen LogP contribution in [0.4, 0.5) is 0 Å². The third kappa shape index (κ3) is 3.47. The van der Waals surface area contributed by atoms with Gasteiger partial charge in [0.1, 0.15) is 0 Å². The predicted octanol–water partition coefficient (Wildman–Crippen LogP) is -0.665. The Labute approximate surface area is 146 Å². The van der Waals surface area contributed by atoms with Crippen molar-refractivity contribution in [1.82, 2.24) is 5.32 Å². The van der Waals surface area contributed by atoms with Crippen LogP contribution in [0.3, 0.4) is 0 Å². The summed E-state index contributed by atoms with van der Waals surface area (Å²) in [6, 6.07) is 9.78. The van der Waals surface area contributed by atoms with Crippen LogP contribution in [0.25, 0.3) is 5.32 Å². The number of hydrogen-bond donors (Lipinski definition) is 1. The Kier molecular flexibility index (Phi) is 6.33. The maximum Gasteiger partial charge on any atom is 1.00 e. The van der Waals surface area contributed by atoms with Gasteiger partial charge in [-0.25, -0.2) is 0 Å². The Morgan fingerprint density at radius 1 is 1.25 bits per heavy atom. The van der Waals surface area contributed by atoms with Gasteiger partial charge >= 0.3 is 29.6 Å². The Bertz CT molecular complexity index is 499. The molecule has 0 spiro atoms. The molecule has 2 amide bonds. The van der Waals surface area contributed by atoms with E-state index in [0.29, 0.717) is 19.3 Å². The summed E-state index contributed by atoms with van der Waals surface area (Å²) in [7, 11) is 0.